The summed E-state index contributed by atoms with van der Waals surface area (Å²) in [5.74, 6) is 1.17. The Morgan fingerprint density at radius 2 is 2.42 bits per heavy atom. The Bertz CT molecular complexity index is 218. The van der Waals surface area contributed by atoms with Crippen LogP contribution in [0.5, 0.6) is 0 Å². The second-order valence-electron chi connectivity index (χ2n) is 1.96. The first-order chi connectivity index (χ1) is 5.63. The van der Waals surface area contributed by atoms with Crippen LogP contribution in [0.15, 0.2) is 0 Å². The van der Waals surface area contributed by atoms with Gasteiger partial charge in [0.1, 0.15) is 0 Å². The maximum atomic E-state index is 10.8. The molecule has 0 saturated carbocycles. The quantitative estimate of drug-likeness (QED) is 0.262. The Balaban J connectivity index is 4.21. The van der Waals surface area contributed by atoms with Gasteiger partial charge in [0.05, 0.1) is 13.0 Å². The third-order valence-electron chi connectivity index (χ3n) is 1.12. The maximum absolute atomic E-state index is 10.8. The minimum absolute atomic E-state index is 0.119. The Hall–Kier alpha value is -1.57. The zero-order valence-electron chi connectivity index (χ0n) is 6.65. The van der Waals surface area contributed by atoms with Gasteiger partial charge in [-0.05, 0) is 6.92 Å². The molecule has 0 heterocycles. The molecule has 5 nitrogen and oxygen atoms in total. The largest absolute Gasteiger partial charge is 0.461 e. The van der Waals surface area contributed by atoms with Crippen LogP contribution in [-0.2, 0) is 9.53 Å². The second-order valence-corrected chi connectivity index (χ2v) is 1.96. The van der Waals surface area contributed by atoms with E-state index in [2.05, 4.69) is 4.74 Å². The topological polar surface area (TPSA) is 69.4 Å². The predicted molar refractivity (Wildman–Crippen MR) is 40.9 cm³/mol. The van der Waals surface area contributed by atoms with Crippen LogP contribution in [0, 0.1) is 22.5 Å². The fourth-order valence-electron chi connectivity index (χ4n) is 0.594. The summed E-state index contributed by atoms with van der Waals surface area (Å²) in [4.78, 5) is 20.3. The summed E-state index contributed by atoms with van der Waals surface area (Å²) in [7, 11) is 0. The summed E-state index contributed by atoms with van der Waals surface area (Å²) in [5, 5.41) is 10.2. The molecule has 0 rings (SSSR count). The van der Waals surface area contributed by atoms with E-state index in [1.54, 1.807) is 6.92 Å². The highest BCUT2D eigenvalue weighted by Crippen LogP contribution is 1.98. The number of hydrogen-bond acceptors (Lipinski definition) is 4. The van der Waals surface area contributed by atoms with Crippen LogP contribution in [0.4, 0.5) is 0 Å². The highest BCUT2D eigenvalue weighted by Gasteiger charge is 2.29. The summed E-state index contributed by atoms with van der Waals surface area (Å²) in [6, 6.07) is -1.42. The predicted octanol–water partition coefficient (Wildman–Crippen LogP) is 0.218. The Morgan fingerprint density at radius 1 is 1.83 bits per heavy atom. The lowest BCUT2D eigenvalue weighted by molar-refractivity contribution is -0.509. The van der Waals surface area contributed by atoms with Crippen molar-refractivity contribution in [2.45, 2.75) is 19.4 Å². The van der Waals surface area contributed by atoms with Gasteiger partial charge in [0.15, 0.2) is 0 Å². The molecule has 66 valence electrons. The lowest BCUT2D eigenvalue weighted by Crippen LogP contribution is -2.30. The SMILES string of the molecule is C#CCC(C(=O)OCC)[N+](=O)[O-]. The van der Waals surface area contributed by atoms with Crippen molar-refractivity contribution in [1.82, 2.24) is 0 Å². The van der Waals surface area contributed by atoms with E-state index in [-0.39, 0.29) is 13.0 Å². The zero-order valence-corrected chi connectivity index (χ0v) is 6.65. The van der Waals surface area contributed by atoms with Gasteiger partial charge in [-0.15, -0.1) is 6.42 Å². The van der Waals surface area contributed by atoms with Gasteiger partial charge in [-0.1, -0.05) is 5.92 Å². The van der Waals surface area contributed by atoms with E-state index in [0.717, 1.165) is 0 Å². The number of terminal acetylenes is 1. The molecule has 0 amide bonds. The Labute approximate surface area is 69.9 Å². The van der Waals surface area contributed by atoms with E-state index in [9.17, 15) is 14.9 Å². The standard InChI is InChI=1S/C7H9NO4/c1-3-5-6(8(10)11)7(9)12-4-2/h1,6H,4-5H2,2H3. The van der Waals surface area contributed by atoms with Crippen LogP contribution < -0.4 is 0 Å². The molecule has 0 fully saturated rings. The van der Waals surface area contributed by atoms with E-state index < -0.39 is 16.9 Å². The fourth-order valence-corrected chi connectivity index (χ4v) is 0.594. The van der Waals surface area contributed by atoms with Gasteiger partial charge in [-0.3, -0.25) is 10.1 Å². The minimum Gasteiger partial charge on any atom is -0.461 e. The van der Waals surface area contributed by atoms with Crippen molar-refractivity contribution >= 4 is 5.97 Å². The van der Waals surface area contributed by atoms with Crippen molar-refractivity contribution in [3.8, 4) is 12.3 Å². The van der Waals surface area contributed by atoms with Gasteiger partial charge >= 0.3 is 12.0 Å². The van der Waals surface area contributed by atoms with Crippen LogP contribution >= 0.6 is 0 Å². The molecule has 0 aliphatic heterocycles. The van der Waals surface area contributed by atoms with Crippen molar-refractivity contribution in [1.29, 1.82) is 0 Å². The average molecular weight is 171 g/mol. The Morgan fingerprint density at radius 3 is 2.75 bits per heavy atom. The third kappa shape index (κ3) is 3.01. The number of hydrogen-bond donors (Lipinski definition) is 0. The molecule has 1 unspecified atom stereocenters. The molecule has 0 spiro atoms. The molecule has 0 bridgehead atoms. The van der Waals surface area contributed by atoms with Crippen LogP contribution in [0.1, 0.15) is 13.3 Å². The summed E-state index contributed by atoms with van der Waals surface area (Å²) >= 11 is 0. The number of nitrogens with zero attached hydrogens (tertiary/aromatic N) is 1. The van der Waals surface area contributed by atoms with Gasteiger partial charge in [0, 0.05) is 4.92 Å². The van der Waals surface area contributed by atoms with Crippen molar-refractivity contribution < 1.29 is 14.5 Å². The second kappa shape index (κ2) is 5.13. The molecule has 0 aromatic rings. The number of carbonyl (C=O) groups is 1. The summed E-state index contributed by atoms with van der Waals surface area (Å²) in [6.45, 7) is 1.69. The van der Waals surface area contributed by atoms with E-state index in [0.29, 0.717) is 0 Å². The van der Waals surface area contributed by atoms with E-state index >= 15 is 0 Å². The lowest BCUT2D eigenvalue weighted by atomic mass is 10.2. The molecular weight excluding hydrogens is 162 g/mol. The normalized spacial score (nSPS) is 11.3. The Kier molecular flexibility index (Phi) is 4.46. The third-order valence-corrected chi connectivity index (χ3v) is 1.12. The fraction of sp³-hybridized carbons (Fsp3) is 0.571. The van der Waals surface area contributed by atoms with Gasteiger partial charge in [0.25, 0.3) is 0 Å². The summed E-state index contributed by atoms with van der Waals surface area (Å²) in [6.07, 6.45) is 4.61. The molecule has 0 saturated heterocycles. The number of rotatable bonds is 4. The van der Waals surface area contributed by atoms with Crippen LogP contribution in [0.2, 0.25) is 0 Å². The highest BCUT2D eigenvalue weighted by molar-refractivity contribution is 5.74. The molecule has 5 heteroatoms. The average Bonchev–Trinajstić information content (AvgIpc) is 1.99. The van der Waals surface area contributed by atoms with E-state index in [1.165, 1.54) is 0 Å². The van der Waals surface area contributed by atoms with Gasteiger partial charge < -0.3 is 4.74 Å². The van der Waals surface area contributed by atoms with Gasteiger partial charge in [0.2, 0.25) is 0 Å². The van der Waals surface area contributed by atoms with Crippen molar-refractivity contribution in [2.75, 3.05) is 6.61 Å². The van der Waals surface area contributed by atoms with Crippen molar-refractivity contribution in [2.24, 2.45) is 0 Å². The number of esters is 1. The molecule has 12 heavy (non-hydrogen) atoms. The molecule has 0 aromatic heterocycles. The first-order valence-electron chi connectivity index (χ1n) is 3.37. The van der Waals surface area contributed by atoms with Gasteiger partial charge in [-0.25, -0.2) is 4.79 Å². The van der Waals surface area contributed by atoms with Gasteiger partial charge in [-0.2, -0.15) is 0 Å². The van der Waals surface area contributed by atoms with Crippen molar-refractivity contribution in [3.63, 3.8) is 0 Å². The maximum Gasteiger partial charge on any atom is 0.382 e. The first kappa shape index (κ1) is 10.4. The molecule has 0 aromatic carbocycles. The minimum atomic E-state index is -1.42. The molecule has 0 N–H and O–H groups in total. The smallest absolute Gasteiger partial charge is 0.382 e. The molecule has 0 aliphatic rings. The number of carbonyl (C=O) groups excluding carboxylic acids is 1. The molecule has 1 atom stereocenters. The van der Waals surface area contributed by atoms with E-state index in [4.69, 9.17) is 6.42 Å². The molecular formula is C7H9NO4. The summed E-state index contributed by atoms with van der Waals surface area (Å²) < 4.78 is 4.44. The number of ether oxygens (including phenoxy) is 1. The van der Waals surface area contributed by atoms with Crippen LogP contribution in [0.3, 0.4) is 0 Å². The van der Waals surface area contributed by atoms with E-state index in [1.807, 2.05) is 5.92 Å². The van der Waals surface area contributed by atoms with Crippen LogP contribution in [-0.4, -0.2) is 23.5 Å². The highest BCUT2D eigenvalue weighted by atomic mass is 16.6. The monoisotopic (exact) mass is 171 g/mol. The van der Waals surface area contributed by atoms with Crippen LogP contribution in [0.25, 0.3) is 0 Å². The first-order valence-corrected chi connectivity index (χ1v) is 3.37. The van der Waals surface area contributed by atoms with Crippen molar-refractivity contribution in [3.05, 3.63) is 10.1 Å². The summed E-state index contributed by atoms with van der Waals surface area (Å²) in [5.41, 5.74) is 0. The number of nitro groups is 1. The molecule has 0 radical (unpaired) electrons. The molecule has 0 aliphatic carbocycles. The lowest BCUT2D eigenvalue weighted by Gasteiger charge is -2.04. The zero-order chi connectivity index (χ0) is 9.56.